The summed E-state index contributed by atoms with van der Waals surface area (Å²) in [5, 5.41) is 0. The molecule has 1 amide bonds. The molecule has 0 spiro atoms. The molecule has 1 aliphatic heterocycles. The number of fused-ring (bicyclic) bond motifs is 1. The van der Waals surface area contributed by atoms with E-state index in [1.165, 1.54) is 0 Å². The van der Waals surface area contributed by atoms with Crippen LogP contribution >= 0.6 is 0 Å². The molecule has 1 aliphatic rings. The zero-order valence-corrected chi connectivity index (χ0v) is 11.3. The van der Waals surface area contributed by atoms with E-state index in [0.717, 1.165) is 5.69 Å². The van der Waals surface area contributed by atoms with Gasteiger partial charge >= 0.3 is 5.97 Å². The van der Waals surface area contributed by atoms with E-state index in [0.29, 0.717) is 44.0 Å². The molecule has 0 saturated carbocycles. The maximum absolute atomic E-state index is 12.3. The normalized spacial score (nSPS) is 14.5. The van der Waals surface area contributed by atoms with Crippen molar-refractivity contribution in [2.45, 2.75) is 20.4 Å². The summed E-state index contributed by atoms with van der Waals surface area (Å²) in [6.07, 6.45) is 0. The van der Waals surface area contributed by atoms with Gasteiger partial charge in [0.15, 0.2) is 0 Å². The van der Waals surface area contributed by atoms with E-state index in [-0.39, 0.29) is 11.9 Å². The smallest absolute Gasteiger partial charge is 0.339 e. The molecule has 0 aliphatic carbocycles. The molecule has 2 heterocycles. The highest BCUT2D eigenvalue weighted by Gasteiger charge is 2.28. The summed E-state index contributed by atoms with van der Waals surface area (Å²) < 4.78 is 6.88. The lowest BCUT2D eigenvalue weighted by atomic mass is 10.2. The summed E-state index contributed by atoms with van der Waals surface area (Å²) in [6, 6.07) is 1.62. The third-order valence-corrected chi connectivity index (χ3v) is 3.36. The summed E-state index contributed by atoms with van der Waals surface area (Å²) in [5.41, 5.74) is 7.29. The lowest BCUT2D eigenvalue weighted by Crippen LogP contribution is -2.42. The molecular weight excluding hydrogens is 246 g/mol. The summed E-state index contributed by atoms with van der Waals surface area (Å²) in [5.74, 6) is -0.449. The van der Waals surface area contributed by atoms with Crippen molar-refractivity contribution in [3.8, 4) is 0 Å². The molecule has 0 radical (unpaired) electrons. The van der Waals surface area contributed by atoms with E-state index in [1.807, 2.05) is 11.5 Å². The second kappa shape index (κ2) is 5.44. The average Bonchev–Trinajstić information content (AvgIpc) is 2.72. The van der Waals surface area contributed by atoms with Crippen molar-refractivity contribution in [2.75, 3.05) is 26.2 Å². The molecule has 6 nitrogen and oxygen atoms in total. The Hall–Kier alpha value is -1.82. The van der Waals surface area contributed by atoms with Crippen molar-refractivity contribution in [1.82, 2.24) is 9.47 Å². The molecule has 0 atom stereocenters. The predicted molar refractivity (Wildman–Crippen MR) is 70.1 cm³/mol. The second-order valence-corrected chi connectivity index (χ2v) is 4.48. The molecule has 2 N–H and O–H groups in total. The molecule has 0 aromatic carbocycles. The molecule has 19 heavy (non-hydrogen) atoms. The van der Waals surface area contributed by atoms with Crippen molar-refractivity contribution in [3.05, 3.63) is 23.0 Å². The molecular formula is C13H19N3O3. The van der Waals surface area contributed by atoms with E-state index >= 15 is 0 Å². The Bertz CT molecular complexity index is 507. The standard InChI is InChI=1S/C13H19N3O3/c1-3-19-13(18)10-8-11-12(17)15(5-4-14)6-7-16(11)9(10)2/h8H,3-7,14H2,1-2H3. The van der Waals surface area contributed by atoms with E-state index < -0.39 is 0 Å². The van der Waals surface area contributed by atoms with Gasteiger partial charge < -0.3 is 19.9 Å². The Morgan fingerprint density at radius 3 is 2.84 bits per heavy atom. The number of nitrogens with zero attached hydrogens (tertiary/aromatic N) is 2. The van der Waals surface area contributed by atoms with Crippen LogP contribution in [0.4, 0.5) is 0 Å². The first kappa shape index (κ1) is 13.6. The number of esters is 1. The number of nitrogens with two attached hydrogens (primary N) is 1. The Balaban J connectivity index is 2.33. The number of hydrogen-bond donors (Lipinski definition) is 1. The van der Waals surface area contributed by atoms with Crippen LogP contribution in [0.3, 0.4) is 0 Å². The van der Waals surface area contributed by atoms with Gasteiger partial charge in [-0.3, -0.25) is 4.79 Å². The highest BCUT2D eigenvalue weighted by molar-refractivity contribution is 5.99. The van der Waals surface area contributed by atoms with Crippen molar-refractivity contribution in [1.29, 1.82) is 0 Å². The molecule has 1 aromatic rings. The van der Waals surface area contributed by atoms with Gasteiger partial charge in [0.1, 0.15) is 5.69 Å². The fraction of sp³-hybridized carbons (Fsp3) is 0.538. The first-order valence-corrected chi connectivity index (χ1v) is 6.46. The number of aromatic nitrogens is 1. The fourth-order valence-electron chi connectivity index (χ4n) is 2.38. The van der Waals surface area contributed by atoms with Gasteiger partial charge in [-0.2, -0.15) is 0 Å². The zero-order valence-electron chi connectivity index (χ0n) is 11.3. The van der Waals surface area contributed by atoms with Gasteiger partial charge in [0.2, 0.25) is 0 Å². The summed E-state index contributed by atoms with van der Waals surface area (Å²) in [4.78, 5) is 25.8. The highest BCUT2D eigenvalue weighted by atomic mass is 16.5. The molecule has 104 valence electrons. The minimum Gasteiger partial charge on any atom is -0.462 e. The Morgan fingerprint density at radius 2 is 2.21 bits per heavy atom. The number of carbonyl (C=O) groups excluding carboxylic acids is 2. The highest BCUT2D eigenvalue weighted by Crippen LogP contribution is 2.21. The van der Waals surface area contributed by atoms with Gasteiger partial charge in [-0.05, 0) is 19.9 Å². The maximum Gasteiger partial charge on any atom is 0.339 e. The van der Waals surface area contributed by atoms with Crippen LogP contribution in [-0.4, -0.2) is 47.6 Å². The van der Waals surface area contributed by atoms with Crippen molar-refractivity contribution in [3.63, 3.8) is 0 Å². The van der Waals surface area contributed by atoms with Gasteiger partial charge in [0, 0.05) is 31.9 Å². The third-order valence-electron chi connectivity index (χ3n) is 3.36. The van der Waals surface area contributed by atoms with Crippen LogP contribution in [0.2, 0.25) is 0 Å². The van der Waals surface area contributed by atoms with E-state index in [4.69, 9.17) is 10.5 Å². The molecule has 2 rings (SSSR count). The number of rotatable bonds is 4. The summed E-state index contributed by atoms with van der Waals surface area (Å²) in [7, 11) is 0. The molecule has 0 fully saturated rings. The topological polar surface area (TPSA) is 77.6 Å². The number of carbonyl (C=O) groups is 2. The lowest BCUT2D eigenvalue weighted by molar-refractivity contribution is 0.0525. The van der Waals surface area contributed by atoms with Gasteiger partial charge in [-0.25, -0.2) is 4.79 Å². The van der Waals surface area contributed by atoms with E-state index in [1.54, 1.807) is 17.9 Å². The molecule has 0 bridgehead atoms. The van der Waals surface area contributed by atoms with Crippen LogP contribution in [0.25, 0.3) is 0 Å². The largest absolute Gasteiger partial charge is 0.462 e. The number of amides is 1. The Morgan fingerprint density at radius 1 is 1.47 bits per heavy atom. The average molecular weight is 265 g/mol. The SMILES string of the molecule is CCOC(=O)c1cc2n(c1C)CCN(CCN)C2=O. The zero-order chi connectivity index (χ0) is 14.0. The van der Waals surface area contributed by atoms with Crippen molar-refractivity contribution < 1.29 is 14.3 Å². The van der Waals surface area contributed by atoms with E-state index in [9.17, 15) is 9.59 Å². The Labute approximate surface area is 112 Å². The van der Waals surface area contributed by atoms with Crippen molar-refractivity contribution >= 4 is 11.9 Å². The fourth-order valence-corrected chi connectivity index (χ4v) is 2.38. The van der Waals surface area contributed by atoms with Crippen LogP contribution in [0, 0.1) is 6.92 Å². The summed E-state index contributed by atoms with van der Waals surface area (Å²) >= 11 is 0. The van der Waals surface area contributed by atoms with Gasteiger partial charge in [-0.1, -0.05) is 0 Å². The number of ether oxygens (including phenoxy) is 1. The van der Waals surface area contributed by atoms with Crippen molar-refractivity contribution in [2.24, 2.45) is 5.73 Å². The van der Waals surface area contributed by atoms with Crippen LogP contribution in [0.1, 0.15) is 33.5 Å². The third kappa shape index (κ3) is 2.35. The van der Waals surface area contributed by atoms with Gasteiger partial charge in [0.25, 0.3) is 5.91 Å². The second-order valence-electron chi connectivity index (χ2n) is 4.48. The van der Waals surface area contributed by atoms with Crippen LogP contribution < -0.4 is 5.73 Å². The molecule has 0 saturated heterocycles. The van der Waals surface area contributed by atoms with Gasteiger partial charge in [-0.15, -0.1) is 0 Å². The molecule has 6 heteroatoms. The lowest BCUT2D eigenvalue weighted by Gasteiger charge is -2.28. The monoisotopic (exact) mass is 265 g/mol. The van der Waals surface area contributed by atoms with Gasteiger partial charge in [0.05, 0.1) is 12.2 Å². The quantitative estimate of drug-likeness (QED) is 0.799. The van der Waals surface area contributed by atoms with Crippen LogP contribution in [0.5, 0.6) is 0 Å². The maximum atomic E-state index is 12.3. The van der Waals surface area contributed by atoms with E-state index in [2.05, 4.69) is 0 Å². The molecule has 1 aromatic heterocycles. The minimum absolute atomic E-state index is 0.0738. The first-order valence-electron chi connectivity index (χ1n) is 6.46. The van der Waals surface area contributed by atoms with Crippen LogP contribution in [0.15, 0.2) is 6.07 Å². The summed E-state index contributed by atoms with van der Waals surface area (Å²) in [6.45, 7) is 6.21. The molecule has 0 unspecified atom stereocenters. The number of hydrogen-bond acceptors (Lipinski definition) is 4. The van der Waals surface area contributed by atoms with Crippen LogP contribution in [-0.2, 0) is 11.3 Å². The predicted octanol–water partition coefficient (Wildman–Crippen LogP) is 0.388. The first-order chi connectivity index (χ1) is 9.10. The Kier molecular flexibility index (Phi) is 3.90. The minimum atomic E-state index is -0.375.